The highest BCUT2D eigenvalue weighted by molar-refractivity contribution is 6.25. The zero-order chi connectivity index (χ0) is 45.1. The van der Waals surface area contributed by atoms with Crippen molar-refractivity contribution < 1.29 is 4.74 Å². The van der Waals surface area contributed by atoms with Crippen LogP contribution < -0.4 is 14.5 Å². The van der Waals surface area contributed by atoms with Crippen LogP contribution in [-0.2, 0) is 19.5 Å². The molecule has 0 saturated carbocycles. The summed E-state index contributed by atoms with van der Waals surface area (Å²) in [6.45, 7) is 7.45. The van der Waals surface area contributed by atoms with Crippen LogP contribution in [0.1, 0.15) is 26.3 Å². The molecule has 0 unspecified atom stereocenters. The minimum Gasteiger partial charge on any atom is -0.457 e. The van der Waals surface area contributed by atoms with E-state index in [-0.39, 0.29) is 5.41 Å². The number of hydrogen-bond donors (Lipinski definition) is 0. The molecule has 0 radical (unpaired) electrons. The van der Waals surface area contributed by atoms with E-state index in [0.717, 1.165) is 56.4 Å². The van der Waals surface area contributed by atoms with Crippen molar-refractivity contribution in [3.63, 3.8) is 0 Å². The number of ether oxygens (including phenoxy) is 1. The van der Waals surface area contributed by atoms with Crippen molar-refractivity contribution in [2.24, 2.45) is 14.1 Å². The van der Waals surface area contributed by atoms with Crippen LogP contribution in [0, 0.1) is 0 Å². The van der Waals surface area contributed by atoms with Gasteiger partial charge >= 0.3 is 0 Å². The molecule has 8 aromatic carbocycles. The third kappa shape index (κ3) is 5.94. The van der Waals surface area contributed by atoms with Crippen LogP contribution in [0.15, 0.2) is 188 Å². The van der Waals surface area contributed by atoms with Crippen molar-refractivity contribution in [3.05, 3.63) is 194 Å². The Morgan fingerprint density at radius 2 is 1.04 bits per heavy atom. The molecule has 0 spiro atoms. The Morgan fingerprint density at radius 1 is 0.478 bits per heavy atom. The van der Waals surface area contributed by atoms with Crippen molar-refractivity contribution in [1.82, 2.24) is 18.7 Å². The second kappa shape index (κ2) is 14.6. The van der Waals surface area contributed by atoms with Gasteiger partial charge in [-0.1, -0.05) is 124 Å². The number of rotatable bonds is 6. The smallest absolute Gasteiger partial charge is 0.137 e. The van der Waals surface area contributed by atoms with Crippen LogP contribution >= 0.6 is 0 Å². The predicted octanol–water partition coefficient (Wildman–Crippen LogP) is 15.5. The highest BCUT2D eigenvalue weighted by atomic mass is 16.5. The molecular formula is C60H48N6O. The molecule has 0 bridgehead atoms. The summed E-state index contributed by atoms with van der Waals surface area (Å²) in [5.74, 6) is 2.41. The zero-order valence-corrected chi connectivity index (χ0v) is 38.2. The molecule has 0 fully saturated rings. The molecule has 0 aliphatic carbocycles. The Hall–Kier alpha value is -8.29. The first-order chi connectivity index (χ1) is 32.7. The van der Waals surface area contributed by atoms with Crippen molar-refractivity contribution in [3.8, 4) is 28.4 Å². The lowest BCUT2D eigenvalue weighted by molar-refractivity contribution is 0.483. The van der Waals surface area contributed by atoms with E-state index < -0.39 is 0 Å². The molecule has 1 aliphatic rings. The maximum absolute atomic E-state index is 6.86. The minimum atomic E-state index is -0.112. The van der Waals surface area contributed by atoms with Gasteiger partial charge < -0.3 is 23.7 Å². The van der Waals surface area contributed by atoms with Gasteiger partial charge in [0.2, 0.25) is 0 Å². The van der Waals surface area contributed by atoms with Gasteiger partial charge in [0.1, 0.15) is 24.0 Å². The third-order valence-corrected chi connectivity index (χ3v) is 14.1. The third-order valence-electron chi connectivity index (χ3n) is 14.1. The van der Waals surface area contributed by atoms with Crippen LogP contribution in [0.25, 0.3) is 82.4 Å². The molecule has 324 valence electrons. The second-order valence-electron chi connectivity index (χ2n) is 19.0. The monoisotopic (exact) mass is 868 g/mol. The molecule has 67 heavy (non-hydrogen) atoms. The molecule has 13 rings (SSSR count). The fraction of sp³-hybridized carbons (Fsp3) is 0.117. The average Bonchev–Trinajstić information content (AvgIpc) is 4.07. The second-order valence-corrected chi connectivity index (χ2v) is 19.0. The van der Waals surface area contributed by atoms with Gasteiger partial charge in [-0.3, -0.25) is 4.57 Å². The Kier molecular flexibility index (Phi) is 8.53. The number of fused-ring (bicyclic) bond motifs is 10. The van der Waals surface area contributed by atoms with Crippen LogP contribution in [0.4, 0.5) is 22.7 Å². The van der Waals surface area contributed by atoms with E-state index in [2.05, 4.69) is 240 Å². The molecule has 12 aromatic rings. The fourth-order valence-corrected chi connectivity index (χ4v) is 11.0. The molecule has 4 aromatic heterocycles. The molecular weight excluding hydrogens is 821 g/mol. The number of anilines is 4. The first kappa shape index (κ1) is 39.1. The molecule has 7 heteroatoms. The van der Waals surface area contributed by atoms with E-state index in [4.69, 9.17) is 9.72 Å². The zero-order valence-electron chi connectivity index (χ0n) is 38.2. The molecule has 1 aliphatic heterocycles. The van der Waals surface area contributed by atoms with Crippen LogP contribution in [0.5, 0.6) is 11.5 Å². The van der Waals surface area contributed by atoms with Crippen molar-refractivity contribution in [2.75, 3.05) is 16.5 Å². The Morgan fingerprint density at radius 3 is 1.72 bits per heavy atom. The van der Waals surface area contributed by atoms with Gasteiger partial charge in [-0.2, -0.15) is 0 Å². The van der Waals surface area contributed by atoms with E-state index in [9.17, 15) is 0 Å². The lowest BCUT2D eigenvalue weighted by Gasteiger charge is -2.25. The van der Waals surface area contributed by atoms with Crippen LogP contribution in [-0.4, -0.2) is 25.4 Å². The summed E-state index contributed by atoms with van der Waals surface area (Å²) in [7, 11) is 4.42. The number of aromatic nitrogens is 4. The van der Waals surface area contributed by atoms with Gasteiger partial charge in [-0.15, -0.1) is 0 Å². The van der Waals surface area contributed by atoms with Gasteiger partial charge in [0.15, 0.2) is 0 Å². The fourth-order valence-electron chi connectivity index (χ4n) is 11.0. The standard InChI is InChI=1S/C60H48N6O/c1-60(2,3)49-35-56(61-36-48(49)38-18-7-6-8-19-38)66-52-27-14-11-22-42(52)45-31-30-41(33-55(45)66)67-40-21-17-20-39(32-40)64-37-65(54-29-16-15-28-53(54)64)59-57-46(43-23-9-12-25-50(43)62(57)4)34-47-44-24-10-13-26-51(44)63(5)58(47)59/h6-36H,37H2,1-5H3. The lowest BCUT2D eigenvalue weighted by atomic mass is 9.82. The number of nitrogens with zero attached hydrogens (tertiary/aromatic N) is 6. The molecule has 5 heterocycles. The Balaban J connectivity index is 0.910. The van der Waals surface area contributed by atoms with Crippen molar-refractivity contribution in [2.45, 2.75) is 26.2 Å². The summed E-state index contributed by atoms with van der Waals surface area (Å²) in [6.07, 6.45) is 2.04. The Bertz CT molecular complexity index is 3870. The predicted molar refractivity (Wildman–Crippen MR) is 279 cm³/mol. The van der Waals surface area contributed by atoms with E-state index in [1.807, 2.05) is 6.20 Å². The maximum atomic E-state index is 6.86. The number of benzene rings is 8. The summed E-state index contributed by atoms with van der Waals surface area (Å²) >= 11 is 0. The normalized spacial score (nSPS) is 13.0. The van der Waals surface area contributed by atoms with E-state index in [0.29, 0.717) is 6.67 Å². The van der Waals surface area contributed by atoms with Crippen molar-refractivity contribution >= 4 is 88.2 Å². The van der Waals surface area contributed by atoms with Crippen LogP contribution in [0.2, 0.25) is 0 Å². The quantitative estimate of drug-likeness (QED) is 0.167. The molecule has 0 atom stereocenters. The average molecular weight is 869 g/mol. The van der Waals surface area contributed by atoms with E-state index >= 15 is 0 Å². The molecule has 7 nitrogen and oxygen atoms in total. The number of para-hydroxylation sites is 5. The lowest BCUT2D eigenvalue weighted by Crippen LogP contribution is -2.25. The topological polar surface area (TPSA) is 43.4 Å². The SMILES string of the molecule is Cn1c2ccccc2c2cc3c4ccccc4n(C)c3c(N3CN(c4cccc(Oc5ccc6c7ccccc7n(-c7cc(C(C)(C)C)c(-c8ccccc8)cn7)c6c5)c4)c4ccccc43)c21. The summed E-state index contributed by atoms with van der Waals surface area (Å²) < 4.78 is 13.9. The van der Waals surface area contributed by atoms with E-state index in [1.54, 1.807) is 0 Å². The largest absolute Gasteiger partial charge is 0.457 e. The number of hydrogen-bond acceptors (Lipinski definition) is 4. The molecule has 0 N–H and O–H groups in total. The first-order valence-electron chi connectivity index (χ1n) is 23.1. The van der Waals surface area contributed by atoms with Crippen molar-refractivity contribution in [1.29, 1.82) is 0 Å². The summed E-state index contributed by atoms with van der Waals surface area (Å²) in [5, 5.41) is 7.36. The first-order valence-corrected chi connectivity index (χ1v) is 23.1. The van der Waals surface area contributed by atoms with Gasteiger partial charge in [0, 0.05) is 87.0 Å². The molecule has 0 amide bonds. The Labute approximate surface area is 388 Å². The van der Waals surface area contributed by atoms with Gasteiger partial charge in [-0.05, 0) is 83.3 Å². The summed E-state index contributed by atoms with van der Waals surface area (Å²) in [6, 6.07) is 65.2. The van der Waals surface area contributed by atoms with Gasteiger partial charge in [-0.25, -0.2) is 4.98 Å². The van der Waals surface area contributed by atoms with E-state index in [1.165, 1.54) is 65.8 Å². The number of pyridine rings is 1. The highest BCUT2D eigenvalue weighted by Crippen LogP contribution is 2.51. The van der Waals surface area contributed by atoms with Crippen LogP contribution in [0.3, 0.4) is 0 Å². The number of aryl methyl sites for hydroxylation is 2. The molecule has 0 saturated heterocycles. The van der Waals surface area contributed by atoms with Gasteiger partial charge in [0.25, 0.3) is 0 Å². The summed E-state index contributed by atoms with van der Waals surface area (Å²) in [4.78, 5) is 10.1. The summed E-state index contributed by atoms with van der Waals surface area (Å²) in [5.41, 5.74) is 15.0. The highest BCUT2D eigenvalue weighted by Gasteiger charge is 2.33. The minimum absolute atomic E-state index is 0.112. The maximum Gasteiger partial charge on any atom is 0.137 e. The van der Waals surface area contributed by atoms with Gasteiger partial charge in [0.05, 0.1) is 39.1 Å².